The van der Waals surface area contributed by atoms with Crippen molar-refractivity contribution in [1.82, 2.24) is 9.55 Å². The van der Waals surface area contributed by atoms with Crippen LogP contribution >= 0.6 is 11.8 Å². The number of anilines is 1. The molecule has 0 bridgehead atoms. The first-order valence-electron chi connectivity index (χ1n) is 11.7. The number of hydrogen-bond acceptors (Lipinski definition) is 6. The Bertz CT molecular complexity index is 1300. The first-order valence-corrected chi connectivity index (χ1v) is 12.7. The summed E-state index contributed by atoms with van der Waals surface area (Å²) in [6, 6.07) is 13.7. The highest BCUT2D eigenvalue weighted by atomic mass is 32.2. The average Bonchev–Trinajstić information content (AvgIpc) is 2.84. The van der Waals surface area contributed by atoms with Crippen LogP contribution in [0.3, 0.4) is 0 Å². The van der Waals surface area contributed by atoms with Gasteiger partial charge in [-0.05, 0) is 41.7 Å². The van der Waals surface area contributed by atoms with Gasteiger partial charge < -0.3 is 19.4 Å². The third-order valence-corrected chi connectivity index (χ3v) is 7.16. The number of aromatic nitrogens is 2. The molecule has 7 nitrogen and oxygen atoms in total. The fourth-order valence-corrected chi connectivity index (χ4v) is 5.18. The van der Waals surface area contributed by atoms with Gasteiger partial charge in [0.1, 0.15) is 5.82 Å². The van der Waals surface area contributed by atoms with E-state index >= 15 is 0 Å². The Morgan fingerprint density at radius 1 is 1.17 bits per heavy atom. The van der Waals surface area contributed by atoms with Gasteiger partial charge in [0.05, 0.1) is 19.3 Å². The van der Waals surface area contributed by atoms with Gasteiger partial charge in [-0.15, -0.1) is 0 Å². The van der Waals surface area contributed by atoms with Gasteiger partial charge in [-0.1, -0.05) is 55.9 Å². The maximum atomic E-state index is 13.3. The number of aryl methyl sites for hydroxylation is 1. The van der Waals surface area contributed by atoms with Gasteiger partial charge in [-0.2, -0.15) is 4.98 Å². The highest BCUT2D eigenvalue weighted by Gasteiger charge is 2.32. The Hall–Kier alpha value is -3.26. The molecule has 0 spiro atoms. The van der Waals surface area contributed by atoms with E-state index in [1.54, 1.807) is 11.7 Å². The Kier molecular flexibility index (Phi) is 7.50. The van der Waals surface area contributed by atoms with E-state index in [0.29, 0.717) is 46.3 Å². The molecule has 8 heteroatoms. The molecule has 35 heavy (non-hydrogen) atoms. The number of carbonyl (C=O) groups is 1. The number of thioether (sulfide) groups is 1. The van der Waals surface area contributed by atoms with Crippen LogP contribution in [0, 0.1) is 12.8 Å². The van der Waals surface area contributed by atoms with Gasteiger partial charge in [0.2, 0.25) is 5.91 Å². The summed E-state index contributed by atoms with van der Waals surface area (Å²) in [5.74, 6) is 2.20. The second kappa shape index (κ2) is 10.6. The van der Waals surface area contributed by atoms with Crippen LogP contribution in [0.15, 0.2) is 52.4 Å². The van der Waals surface area contributed by atoms with Crippen molar-refractivity contribution in [1.29, 1.82) is 0 Å². The van der Waals surface area contributed by atoms with E-state index in [1.165, 1.54) is 22.9 Å². The Balaban J connectivity index is 1.68. The summed E-state index contributed by atoms with van der Waals surface area (Å²) >= 11 is 1.48. The molecule has 1 aromatic heterocycles. The van der Waals surface area contributed by atoms with Crippen LogP contribution in [-0.2, 0) is 17.6 Å². The summed E-state index contributed by atoms with van der Waals surface area (Å²) < 4.78 is 13.2. The molecule has 184 valence electrons. The number of fused-ring (bicyclic) bond motifs is 1. The molecular formula is C27H31N3O4S. The topological polar surface area (TPSA) is 82.5 Å². The Morgan fingerprint density at radius 2 is 1.94 bits per heavy atom. The predicted octanol–water partition coefficient (Wildman–Crippen LogP) is 4.90. The Labute approximate surface area is 209 Å². The molecule has 0 radical (unpaired) electrons. The highest BCUT2D eigenvalue weighted by molar-refractivity contribution is 7.98. The molecule has 1 unspecified atom stereocenters. The predicted molar refractivity (Wildman–Crippen MR) is 139 cm³/mol. The van der Waals surface area contributed by atoms with Crippen LogP contribution in [0.1, 0.15) is 48.4 Å². The van der Waals surface area contributed by atoms with Crippen LogP contribution in [0.25, 0.3) is 0 Å². The largest absolute Gasteiger partial charge is 0.493 e. The van der Waals surface area contributed by atoms with Crippen molar-refractivity contribution in [3.63, 3.8) is 0 Å². The van der Waals surface area contributed by atoms with Gasteiger partial charge in [0.25, 0.3) is 5.56 Å². The first-order chi connectivity index (χ1) is 16.8. The molecule has 1 amide bonds. The molecule has 2 heterocycles. The van der Waals surface area contributed by atoms with E-state index < -0.39 is 5.92 Å². The normalized spacial score (nSPS) is 15.0. The molecule has 1 N–H and O–H groups in total. The first kappa shape index (κ1) is 24.9. The number of amides is 1. The molecule has 0 saturated heterocycles. The van der Waals surface area contributed by atoms with Crippen molar-refractivity contribution >= 4 is 23.5 Å². The molecule has 2 aromatic carbocycles. The third kappa shape index (κ3) is 5.37. The molecule has 1 aliphatic heterocycles. The van der Waals surface area contributed by atoms with Crippen LogP contribution < -0.4 is 20.3 Å². The van der Waals surface area contributed by atoms with E-state index in [9.17, 15) is 9.59 Å². The molecule has 1 atom stereocenters. The zero-order valence-electron chi connectivity index (χ0n) is 20.8. The third-order valence-electron chi connectivity index (χ3n) is 6.08. The van der Waals surface area contributed by atoms with Gasteiger partial charge in [-0.3, -0.25) is 9.59 Å². The van der Waals surface area contributed by atoms with Gasteiger partial charge >= 0.3 is 0 Å². The number of rotatable bonds is 8. The number of methoxy groups -OCH3 is 1. The monoisotopic (exact) mass is 493 g/mol. The van der Waals surface area contributed by atoms with Crippen LogP contribution in [0.5, 0.6) is 11.5 Å². The van der Waals surface area contributed by atoms with Gasteiger partial charge in [0, 0.05) is 25.1 Å². The molecule has 0 saturated carbocycles. The smallest absolute Gasteiger partial charge is 0.279 e. The van der Waals surface area contributed by atoms with Crippen LogP contribution in [-0.4, -0.2) is 29.2 Å². The van der Waals surface area contributed by atoms with Crippen molar-refractivity contribution in [3.05, 3.63) is 75.1 Å². The lowest BCUT2D eigenvalue weighted by Crippen LogP contribution is -2.33. The van der Waals surface area contributed by atoms with E-state index in [1.807, 2.05) is 37.4 Å². The zero-order valence-corrected chi connectivity index (χ0v) is 21.6. The van der Waals surface area contributed by atoms with Crippen LogP contribution in [0.4, 0.5) is 5.82 Å². The summed E-state index contributed by atoms with van der Waals surface area (Å²) in [4.78, 5) is 30.4. The van der Waals surface area contributed by atoms with Gasteiger partial charge in [0.15, 0.2) is 16.7 Å². The molecule has 0 fully saturated rings. The van der Waals surface area contributed by atoms with Crippen molar-refractivity contribution in [3.8, 4) is 11.5 Å². The van der Waals surface area contributed by atoms with Gasteiger partial charge in [-0.25, -0.2) is 0 Å². The summed E-state index contributed by atoms with van der Waals surface area (Å²) in [5, 5.41) is 3.47. The number of benzene rings is 2. The number of nitrogens with zero attached hydrogens (tertiary/aromatic N) is 2. The van der Waals surface area contributed by atoms with E-state index in [2.05, 4.69) is 43.2 Å². The van der Waals surface area contributed by atoms with E-state index in [0.717, 1.165) is 5.56 Å². The standard InChI is InChI=1S/C27H31N3O4S/c1-16(2)14-34-21-11-10-18(12-22(21)33-5)20-13-23(31)28-25-24(20)26(32)29-27(30(25)4)35-15-19-9-7-6-8-17(19)3/h6-12,16,20H,13-15H2,1-5H3,(H,28,31). The van der Waals surface area contributed by atoms with Crippen molar-refractivity contribution < 1.29 is 14.3 Å². The summed E-state index contributed by atoms with van der Waals surface area (Å²) in [7, 11) is 3.42. The van der Waals surface area contributed by atoms with Crippen LogP contribution in [0.2, 0.25) is 0 Å². The second-order valence-electron chi connectivity index (χ2n) is 9.16. The summed E-state index contributed by atoms with van der Waals surface area (Å²) in [6.07, 6.45) is 0.162. The highest BCUT2D eigenvalue weighted by Crippen LogP contribution is 2.39. The summed E-state index contributed by atoms with van der Waals surface area (Å²) in [6.45, 7) is 6.79. The van der Waals surface area contributed by atoms with E-state index in [-0.39, 0.29) is 17.9 Å². The average molecular weight is 494 g/mol. The zero-order chi connectivity index (χ0) is 25.1. The van der Waals surface area contributed by atoms with Crippen molar-refractivity contribution in [2.75, 3.05) is 19.0 Å². The summed E-state index contributed by atoms with van der Waals surface area (Å²) in [5.41, 5.74) is 3.35. The van der Waals surface area contributed by atoms with E-state index in [4.69, 9.17) is 9.47 Å². The SMILES string of the molecule is COc1cc(C2CC(=O)Nc3c2c(=O)nc(SCc2ccccc2C)n3C)ccc1OCC(C)C. The number of carbonyl (C=O) groups excluding carboxylic acids is 1. The lowest BCUT2D eigenvalue weighted by molar-refractivity contribution is -0.116. The molecular weight excluding hydrogens is 462 g/mol. The minimum absolute atomic E-state index is 0.141. The maximum absolute atomic E-state index is 13.3. The molecule has 3 aromatic rings. The fraction of sp³-hybridized carbons (Fsp3) is 0.370. The molecule has 1 aliphatic rings. The number of nitrogens with one attached hydrogen (secondary N) is 1. The number of ether oxygens (including phenoxy) is 2. The van der Waals surface area contributed by atoms with Crippen molar-refractivity contribution in [2.45, 2.75) is 44.0 Å². The second-order valence-corrected chi connectivity index (χ2v) is 10.1. The lowest BCUT2D eigenvalue weighted by Gasteiger charge is -2.28. The molecule has 4 rings (SSSR count). The maximum Gasteiger partial charge on any atom is 0.279 e. The lowest BCUT2D eigenvalue weighted by atomic mass is 9.86. The van der Waals surface area contributed by atoms with Crippen molar-refractivity contribution in [2.24, 2.45) is 13.0 Å². The Morgan fingerprint density at radius 3 is 2.66 bits per heavy atom. The fourth-order valence-electron chi connectivity index (χ4n) is 4.14. The quantitative estimate of drug-likeness (QED) is 0.355. The molecule has 0 aliphatic carbocycles. The number of hydrogen-bond donors (Lipinski definition) is 1. The minimum Gasteiger partial charge on any atom is -0.493 e. The minimum atomic E-state index is -0.423.